The molecular weight excluding hydrogens is 485 g/mol. The summed E-state index contributed by atoms with van der Waals surface area (Å²) in [7, 11) is 0. The van der Waals surface area contributed by atoms with Crippen molar-refractivity contribution in [1.29, 1.82) is 0 Å². The average Bonchev–Trinajstić information content (AvgIpc) is 3.08. The van der Waals surface area contributed by atoms with Gasteiger partial charge in [0.1, 0.15) is 5.69 Å². The summed E-state index contributed by atoms with van der Waals surface area (Å²) in [5, 5.41) is 3.11. The van der Waals surface area contributed by atoms with Gasteiger partial charge >= 0.3 is 6.18 Å². The Hall–Kier alpha value is -2.88. The van der Waals surface area contributed by atoms with E-state index in [1.54, 1.807) is 12.1 Å². The molecular formula is C27H35F3N4O3. The van der Waals surface area contributed by atoms with Crippen molar-refractivity contribution >= 4 is 5.91 Å². The second-order valence-corrected chi connectivity index (χ2v) is 9.97. The van der Waals surface area contributed by atoms with Gasteiger partial charge in [-0.1, -0.05) is 12.1 Å². The highest BCUT2D eigenvalue weighted by atomic mass is 19.4. The largest absolute Gasteiger partial charge is 0.468 e. The van der Waals surface area contributed by atoms with Crippen LogP contribution in [-0.2, 0) is 19.4 Å². The highest BCUT2D eigenvalue weighted by Crippen LogP contribution is 2.28. The lowest BCUT2D eigenvalue weighted by molar-refractivity contribution is -0.154. The zero-order chi connectivity index (χ0) is 26.4. The Morgan fingerprint density at radius 2 is 1.86 bits per heavy atom. The van der Waals surface area contributed by atoms with E-state index in [-0.39, 0.29) is 23.4 Å². The topological polar surface area (TPSA) is 76.5 Å². The average molecular weight is 521 g/mol. The molecule has 3 heterocycles. The van der Waals surface area contributed by atoms with Crippen LogP contribution in [0.2, 0.25) is 0 Å². The molecule has 0 atom stereocenters. The lowest BCUT2D eigenvalue weighted by Crippen LogP contribution is -2.40. The summed E-state index contributed by atoms with van der Waals surface area (Å²) in [5.74, 6) is 0.441. The van der Waals surface area contributed by atoms with Crippen LogP contribution < -0.4 is 15.6 Å². The van der Waals surface area contributed by atoms with Gasteiger partial charge in [-0.05, 0) is 69.5 Å². The Balaban J connectivity index is 1.20. The van der Waals surface area contributed by atoms with Crippen molar-refractivity contribution in [3.8, 4) is 5.88 Å². The zero-order valence-corrected chi connectivity index (χ0v) is 21.2. The first-order chi connectivity index (χ1) is 17.7. The molecule has 1 amide bonds. The fourth-order valence-electron chi connectivity index (χ4n) is 5.33. The van der Waals surface area contributed by atoms with Crippen molar-refractivity contribution < 1.29 is 22.7 Å². The molecule has 37 heavy (non-hydrogen) atoms. The lowest BCUT2D eigenvalue weighted by atomic mass is 9.84. The number of fused-ring (bicyclic) bond motifs is 1. The molecule has 1 saturated carbocycles. The third-order valence-electron chi connectivity index (χ3n) is 7.42. The van der Waals surface area contributed by atoms with Gasteiger partial charge in [-0.2, -0.15) is 13.2 Å². The number of alkyl halides is 3. The van der Waals surface area contributed by atoms with Gasteiger partial charge < -0.3 is 19.5 Å². The molecule has 0 aromatic carbocycles. The molecule has 1 aliphatic carbocycles. The third-order valence-corrected chi connectivity index (χ3v) is 7.42. The summed E-state index contributed by atoms with van der Waals surface area (Å²) in [6.45, 7) is 3.68. The minimum atomic E-state index is -4.38. The van der Waals surface area contributed by atoms with E-state index in [0.717, 1.165) is 69.4 Å². The van der Waals surface area contributed by atoms with Crippen LogP contribution in [0.25, 0.3) is 0 Å². The molecule has 2 aliphatic rings. The number of rotatable bonds is 8. The number of ether oxygens (including phenoxy) is 1. The first-order valence-corrected chi connectivity index (χ1v) is 13.1. The predicted molar refractivity (Wildman–Crippen MR) is 134 cm³/mol. The Bertz CT molecular complexity index is 1130. The molecule has 1 N–H and O–H groups in total. The fraction of sp³-hybridized carbons (Fsp3) is 0.593. The van der Waals surface area contributed by atoms with Gasteiger partial charge in [0, 0.05) is 49.9 Å². The molecule has 0 saturated heterocycles. The quantitative estimate of drug-likeness (QED) is 0.570. The second-order valence-electron chi connectivity index (χ2n) is 9.97. The summed E-state index contributed by atoms with van der Waals surface area (Å²) in [5.41, 5.74) is 2.14. The van der Waals surface area contributed by atoms with E-state index in [1.807, 2.05) is 13.0 Å². The van der Waals surface area contributed by atoms with E-state index in [0.29, 0.717) is 24.6 Å². The normalized spacial score (nSPS) is 20.6. The molecule has 1 aliphatic heterocycles. The van der Waals surface area contributed by atoms with Gasteiger partial charge in [-0.25, -0.2) is 4.98 Å². The van der Waals surface area contributed by atoms with Crippen LogP contribution in [0, 0.1) is 5.92 Å². The van der Waals surface area contributed by atoms with Crippen LogP contribution in [0.15, 0.2) is 35.1 Å². The molecule has 0 unspecified atom stereocenters. The van der Waals surface area contributed by atoms with Crippen molar-refractivity contribution in [2.24, 2.45) is 5.92 Å². The van der Waals surface area contributed by atoms with Crippen LogP contribution in [0.4, 0.5) is 13.2 Å². The van der Waals surface area contributed by atoms with E-state index >= 15 is 0 Å². The maximum absolute atomic E-state index is 12.7. The van der Waals surface area contributed by atoms with Crippen molar-refractivity contribution in [3.63, 3.8) is 0 Å². The van der Waals surface area contributed by atoms with Crippen molar-refractivity contribution in [3.05, 3.63) is 57.6 Å². The highest BCUT2D eigenvalue weighted by molar-refractivity contribution is 5.92. The smallest absolute Gasteiger partial charge is 0.422 e. The molecule has 2 aromatic rings. The monoisotopic (exact) mass is 520 g/mol. The first kappa shape index (κ1) is 27.2. The van der Waals surface area contributed by atoms with Crippen molar-refractivity contribution in [2.75, 3.05) is 26.2 Å². The molecule has 7 nitrogen and oxygen atoms in total. The number of hydrogen-bond donors (Lipinski definition) is 1. The number of amides is 1. The molecule has 2 aromatic heterocycles. The minimum Gasteiger partial charge on any atom is -0.468 e. The Labute approximate surface area is 215 Å². The highest BCUT2D eigenvalue weighted by Gasteiger charge is 2.29. The molecule has 1 fully saturated rings. The van der Waals surface area contributed by atoms with Gasteiger partial charge in [0.25, 0.3) is 11.5 Å². The summed E-state index contributed by atoms with van der Waals surface area (Å²) in [4.78, 5) is 31.5. The van der Waals surface area contributed by atoms with Crippen LogP contribution >= 0.6 is 0 Å². The number of nitrogens with one attached hydrogen (secondary N) is 1. The van der Waals surface area contributed by atoms with E-state index < -0.39 is 12.8 Å². The summed E-state index contributed by atoms with van der Waals surface area (Å²) in [6, 6.07) is 8.26. The van der Waals surface area contributed by atoms with E-state index in [2.05, 4.69) is 15.2 Å². The van der Waals surface area contributed by atoms with Gasteiger partial charge in [-0.3, -0.25) is 9.59 Å². The molecule has 4 rings (SSSR count). The van der Waals surface area contributed by atoms with Gasteiger partial charge in [-0.15, -0.1) is 0 Å². The van der Waals surface area contributed by atoms with Crippen molar-refractivity contribution in [1.82, 2.24) is 19.8 Å². The van der Waals surface area contributed by atoms with Crippen LogP contribution in [0.1, 0.15) is 60.8 Å². The SMILES string of the molecule is CCn1c(C(=O)NC2CCC(CCN3CCc4ccc(OCC(F)(F)F)nc4CC3)CC2)cccc1=O. The fourth-order valence-corrected chi connectivity index (χ4v) is 5.33. The summed E-state index contributed by atoms with van der Waals surface area (Å²) in [6.07, 6.45) is 2.18. The molecule has 10 heteroatoms. The predicted octanol–water partition coefficient (Wildman–Crippen LogP) is 3.98. The number of halogens is 3. The van der Waals surface area contributed by atoms with E-state index in [4.69, 9.17) is 4.74 Å². The van der Waals surface area contributed by atoms with E-state index in [1.165, 1.54) is 16.7 Å². The number of aromatic nitrogens is 2. The zero-order valence-electron chi connectivity index (χ0n) is 21.2. The first-order valence-electron chi connectivity index (χ1n) is 13.1. The van der Waals surface area contributed by atoms with Gasteiger partial charge in [0.05, 0.1) is 0 Å². The minimum absolute atomic E-state index is 0.0265. The Morgan fingerprint density at radius 1 is 1.11 bits per heavy atom. The Kier molecular flexibility index (Phi) is 8.89. The van der Waals surface area contributed by atoms with Crippen LogP contribution in [0.5, 0.6) is 5.88 Å². The van der Waals surface area contributed by atoms with E-state index in [9.17, 15) is 22.8 Å². The standard InChI is InChI=1S/C27H35F3N4O3/c1-2-34-23(4-3-5-25(34)35)26(36)31-21-9-6-19(7-10-21)12-15-33-16-13-20-8-11-24(32-22(20)14-17-33)37-18-27(28,29)30/h3-5,8,11,19,21H,2,6-7,9-10,12-18H2,1H3,(H,31,36). The molecule has 0 bridgehead atoms. The number of nitrogens with zero attached hydrogens (tertiary/aromatic N) is 3. The van der Waals surface area contributed by atoms with Crippen LogP contribution in [0.3, 0.4) is 0 Å². The molecule has 0 spiro atoms. The maximum Gasteiger partial charge on any atom is 0.422 e. The van der Waals surface area contributed by atoms with Crippen LogP contribution in [-0.4, -0.2) is 58.8 Å². The second kappa shape index (κ2) is 12.1. The summed E-state index contributed by atoms with van der Waals surface area (Å²) >= 11 is 0. The van der Waals surface area contributed by atoms with Gasteiger partial charge in [0.15, 0.2) is 6.61 Å². The van der Waals surface area contributed by atoms with Gasteiger partial charge in [0.2, 0.25) is 5.88 Å². The number of carbonyl (C=O) groups excluding carboxylic acids is 1. The number of carbonyl (C=O) groups is 1. The summed E-state index contributed by atoms with van der Waals surface area (Å²) < 4.78 is 43.6. The lowest BCUT2D eigenvalue weighted by Gasteiger charge is -2.31. The third kappa shape index (κ3) is 7.56. The van der Waals surface area contributed by atoms with Crippen molar-refractivity contribution in [2.45, 2.75) is 70.6 Å². The number of pyridine rings is 2. The molecule has 202 valence electrons. The number of hydrogen-bond acceptors (Lipinski definition) is 5. The molecule has 0 radical (unpaired) electrons. The Morgan fingerprint density at radius 3 is 2.59 bits per heavy atom. The maximum atomic E-state index is 12.7.